The topological polar surface area (TPSA) is 64.1 Å². The highest BCUT2D eigenvalue weighted by Gasteiger charge is 2.19. The Morgan fingerprint density at radius 1 is 1.26 bits per heavy atom. The Morgan fingerprint density at radius 2 is 1.95 bits per heavy atom. The smallest absolute Gasteiger partial charge is 0.127 e. The molecule has 0 fully saturated rings. The van der Waals surface area contributed by atoms with Gasteiger partial charge in [0.2, 0.25) is 0 Å². The summed E-state index contributed by atoms with van der Waals surface area (Å²) in [4.78, 5) is 0. The van der Waals surface area contributed by atoms with Crippen LogP contribution in [0, 0.1) is 0 Å². The summed E-state index contributed by atoms with van der Waals surface area (Å²) < 4.78 is 1.71. The minimum atomic E-state index is -0.0338. The summed E-state index contributed by atoms with van der Waals surface area (Å²) in [6.07, 6.45) is 0. The zero-order chi connectivity index (χ0) is 13.3. The van der Waals surface area contributed by atoms with Gasteiger partial charge < -0.3 is 10.8 Å². The molecule has 1 aromatic heterocycles. The van der Waals surface area contributed by atoms with Crippen LogP contribution in [0.25, 0.3) is 5.69 Å². The van der Waals surface area contributed by atoms with Crippen molar-refractivity contribution in [2.24, 2.45) is 0 Å². The van der Waals surface area contributed by atoms with Gasteiger partial charge in [0.15, 0.2) is 0 Å². The van der Waals surface area contributed by atoms with E-state index in [9.17, 15) is 0 Å². The first-order chi connectivity index (χ1) is 8.41. The van der Waals surface area contributed by atoms with Crippen molar-refractivity contribution in [3.63, 3.8) is 0 Å². The normalized spacial score (nSPS) is 11.2. The fourth-order valence-corrected chi connectivity index (χ4v) is 1.76. The lowest BCUT2D eigenvalue weighted by Gasteiger charge is -2.14. The maximum atomic E-state index is 9.15. The van der Waals surface area contributed by atoms with Crippen LogP contribution in [0.15, 0.2) is 30.3 Å². The van der Waals surface area contributed by atoms with Crippen molar-refractivity contribution in [3.8, 4) is 5.69 Å². The van der Waals surface area contributed by atoms with Gasteiger partial charge in [0.05, 0.1) is 18.0 Å². The fraction of sp³-hybridized carbons (Fsp3) is 0.357. The molecule has 1 aromatic carbocycles. The van der Waals surface area contributed by atoms with Gasteiger partial charge in [-0.2, -0.15) is 5.10 Å². The zero-order valence-corrected chi connectivity index (χ0v) is 12.2. The lowest BCUT2D eigenvalue weighted by atomic mass is 9.92. The average molecular weight is 282 g/mol. The molecule has 0 aliphatic rings. The molecule has 2 aromatic rings. The van der Waals surface area contributed by atoms with E-state index in [1.807, 2.05) is 30.3 Å². The lowest BCUT2D eigenvalue weighted by Crippen LogP contribution is -2.12. The number of aliphatic hydroxyl groups is 1. The Morgan fingerprint density at radius 3 is 2.47 bits per heavy atom. The molecular formula is C14H20ClN3O. The molecule has 0 amide bonds. The molecule has 0 spiro atoms. The average Bonchev–Trinajstić information content (AvgIpc) is 2.71. The third-order valence-electron chi connectivity index (χ3n) is 2.84. The standard InChI is InChI=1S/C14H19N3O.ClH/c1-14(2,3)12-8-13(15)17(16-12)11-6-4-5-10(7-11)9-18;/h4-8,18H,9,15H2,1-3H3;1H. The molecule has 0 saturated carbocycles. The number of benzene rings is 1. The number of nitrogens with zero attached hydrogens (tertiary/aromatic N) is 2. The van der Waals surface area contributed by atoms with E-state index in [2.05, 4.69) is 25.9 Å². The van der Waals surface area contributed by atoms with Gasteiger partial charge in [-0.1, -0.05) is 32.9 Å². The largest absolute Gasteiger partial charge is 0.392 e. The number of halogens is 1. The van der Waals surface area contributed by atoms with Crippen LogP contribution in [0.1, 0.15) is 32.0 Å². The number of nitrogens with two attached hydrogens (primary N) is 1. The first-order valence-corrected chi connectivity index (χ1v) is 5.98. The van der Waals surface area contributed by atoms with Crippen molar-refractivity contribution in [1.29, 1.82) is 0 Å². The van der Waals surface area contributed by atoms with Gasteiger partial charge in [-0.05, 0) is 17.7 Å². The van der Waals surface area contributed by atoms with Crippen molar-refractivity contribution < 1.29 is 5.11 Å². The highest BCUT2D eigenvalue weighted by molar-refractivity contribution is 5.85. The number of rotatable bonds is 2. The third-order valence-corrected chi connectivity index (χ3v) is 2.84. The maximum absolute atomic E-state index is 9.15. The van der Waals surface area contributed by atoms with Crippen molar-refractivity contribution >= 4 is 18.2 Å². The third kappa shape index (κ3) is 3.28. The van der Waals surface area contributed by atoms with Crippen LogP contribution in [-0.2, 0) is 12.0 Å². The van der Waals surface area contributed by atoms with Gasteiger partial charge in [0.1, 0.15) is 5.82 Å². The molecule has 0 bridgehead atoms. The van der Waals surface area contributed by atoms with Crippen LogP contribution in [0.3, 0.4) is 0 Å². The molecule has 0 saturated heterocycles. The number of hydrogen-bond donors (Lipinski definition) is 2. The number of aliphatic hydroxyl groups excluding tert-OH is 1. The van der Waals surface area contributed by atoms with Crippen molar-refractivity contribution in [1.82, 2.24) is 9.78 Å². The van der Waals surface area contributed by atoms with E-state index in [0.717, 1.165) is 16.9 Å². The van der Waals surface area contributed by atoms with Gasteiger partial charge in [0, 0.05) is 11.5 Å². The number of hydrogen-bond acceptors (Lipinski definition) is 3. The number of nitrogen functional groups attached to an aromatic ring is 1. The molecule has 0 aliphatic heterocycles. The minimum Gasteiger partial charge on any atom is -0.392 e. The fourth-order valence-electron chi connectivity index (χ4n) is 1.76. The molecule has 104 valence electrons. The molecule has 0 aliphatic carbocycles. The molecule has 5 heteroatoms. The molecule has 0 radical (unpaired) electrons. The SMILES string of the molecule is CC(C)(C)c1cc(N)n(-c2cccc(CO)c2)n1.Cl. The molecule has 0 atom stereocenters. The first kappa shape index (κ1) is 15.5. The first-order valence-electron chi connectivity index (χ1n) is 5.98. The van der Waals surface area contributed by atoms with Gasteiger partial charge in [0.25, 0.3) is 0 Å². The summed E-state index contributed by atoms with van der Waals surface area (Å²) in [5.74, 6) is 0.606. The lowest BCUT2D eigenvalue weighted by molar-refractivity contribution is 0.282. The van der Waals surface area contributed by atoms with E-state index in [1.165, 1.54) is 0 Å². The molecular weight excluding hydrogens is 262 g/mol. The predicted molar refractivity (Wildman–Crippen MR) is 79.8 cm³/mol. The molecule has 19 heavy (non-hydrogen) atoms. The van der Waals surface area contributed by atoms with E-state index in [1.54, 1.807) is 4.68 Å². The second kappa shape index (κ2) is 5.63. The van der Waals surface area contributed by atoms with Crippen LogP contribution in [0.5, 0.6) is 0 Å². The summed E-state index contributed by atoms with van der Waals surface area (Å²) in [7, 11) is 0. The van der Waals surface area contributed by atoms with Crippen molar-refractivity contribution in [2.45, 2.75) is 32.8 Å². The van der Waals surface area contributed by atoms with Crippen molar-refractivity contribution in [3.05, 3.63) is 41.6 Å². The minimum absolute atomic E-state index is 0. The van der Waals surface area contributed by atoms with Crippen molar-refractivity contribution in [2.75, 3.05) is 5.73 Å². The predicted octanol–water partition coefficient (Wildman–Crippen LogP) is 2.67. The Labute approximate surface area is 119 Å². The van der Waals surface area contributed by atoms with E-state index in [-0.39, 0.29) is 24.4 Å². The van der Waals surface area contributed by atoms with Crippen LogP contribution < -0.4 is 5.73 Å². The maximum Gasteiger partial charge on any atom is 0.127 e. The Hall–Kier alpha value is -1.52. The van der Waals surface area contributed by atoms with Gasteiger partial charge in [-0.15, -0.1) is 12.4 Å². The zero-order valence-electron chi connectivity index (χ0n) is 11.4. The second-order valence-electron chi connectivity index (χ2n) is 5.44. The van der Waals surface area contributed by atoms with Crippen LogP contribution in [0.4, 0.5) is 5.82 Å². The van der Waals surface area contributed by atoms with Crippen LogP contribution >= 0.6 is 12.4 Å². The Bertz CT molecular complexity index is 558. The van der Waals surface area contributed by atoms with Gasteiger partial charge in [-0.3, -0.25) is 0 Å². The Balaban J connectivity index is 0.00000180. The van der Waals surface area contributed by atoms with E-state index >= 15 is 0 Å². The van der Waals surface area contributed by atoms with E-state index in [0.29, 0.717) is 5.82 Å². The Kier molecular flexibility index (Phi) is 4.61. The summed E-state index contributed by atoms with van der Waals surface area (Å²) in [5, 5.41) is 13.7. The van der Waals surface area contributed by atoms with E-state index in [4.69, 9.17) is 10.8 Å². The summed E-state index contributed by atoms with van der Waals surface area (Å²) >= 11 is 0. The molecule has 1 heterocycles. The highest BCUT2D eigenvalue weighted by Crippen LogP contribution is 2.24. The molecule has 4 nitrogen and oxygen atoms in total. The molecule has 3 N–H and O–H groups in total. The quantitative estimate of drug-likeness (QED) is 0.889. The van der Waals surface area contributed by atoms with Gasteiger partial charge in [-0.25, -0.2) is 4.68 Å². The number of aromatic nitrogens is 2. The molecule has 2 rings (SSSR count). The van der Waals surface area contributed by atoms with Gasteiger partial charge >= 0.3 is 0 Å². The molecule has 0 unspecified atom stereocenters. The van der Waals surface area contributed by atoms with Crippen LogP contribution in [0.2, 0.25) is 0 Å². The summed E-state index contributed by atoms with van der Waals surface area (Å²) in [6.45, 7) is 6.32. The van der Waals surface area contributed by atoms with E-state index < -0.39 is 0 Å². The summed E-state index contributed by atoms with van der Waals surface area (Å²) in [5.41, 5.74) is 8.64. The second-order valence-corrected chi connectivity index (χ2v) is 5.44. The summed E-state index contributed by atoms with van der Waals surface area (Å²) in [6, 6.07) is 9.46. The monoisotopic (exact) mass is 281 g/mol. The highest BCUT2D eigenvalue weighted by atomic mass is 35.5. The van der Waals surface area contributed by atoms with Crippen LogP contribution in [-0.4, -0.2) is 14.9 Å². The number of anilines is 1.